The Hall–Kier alpha value is -1.50. The van der Waals surface area contributed by atoms with Gasteiger partial charge in [-0.3, -0.25) is 0 Å². The van der Waals surface area contributed by atoms with Gasteiger partial charge >= 0.3 is 12.1 Å². The Kier molecular flexibility index (Phi) is 3.82. The SMILES string of the molecule is CN(CC(F)(F)F)c1ncc(C(=O)O)cc1Cl. The molecule has 17 heavy (non-hydrogen) atoms. The van der Waals surface area contributed by atoms with E-state index in [4.69, 9.17) is 16.7 Å². The number of carboxylic acid groups (broad SMARTS) is 1. The molecule has 0 fully saturated rings. The molecule has 0 amide bonds. The highest BCUT2D eigenvalue weighted by Gasteiger charge is 2.30. The minimum atomic E-state index is -4.38. The summed E-state index contributed by atoms with van der Waals surface area (Å²) in [5.41, 5.74) is -0.181. The van der Waals surface area contributed by atoms with Gasteiger partial charge in [-0.05, 0) is 6.07 Å². The van der Waals surface area contributed by atoms with Crippen LogP contribution in [0.2, 0.25) is 5.02 Å². The van der Waals surface area contributed by atoms with Crippen LogP contribution in [0.3, 0.4) is 0 Å². The van der Waals surface area contributed by atoms with Crippen LogP contribution in [-0.4, -0.2) is 35.8 Å². The van der Waals surface area contributed by atoms with E-state index in [2.05, 4.69) is 4.98 Å². The zero-order chi connectivity index (χ0) is 13.2. The molecule has 0 aliphatic carbocycles. The van der Waals surface area contributed by atoms with E-state index in [9.17, 15) is 18.0 Å². The smallest absolute Gasteiger partial charge is 0.405 e. The summed E-state index contributed by atoms with van der Waals surface area (Å²) in [5, 5.41) is 8.49. The normalized spacial score (nSPS) is 11.4. The number of aromatic carboxylic acids is 1. The maximum Gasteiger partial charge on any atom is 0.405 e. The van der Waals surface area contributed by atoms with Crippen molar-refractivity contribution in [1.82, 2.24) is 4.98 Å². The number of hydrogen-bond donors (Lipinski definition) is 1. The molecule has 4 nitrogen and oxygen atoms in total. The highest BCUT2D eigenvalue weighted by molar-refractivity contribution is 6.33. The summed E-state index contributed by atoms with van der Waals surface area (Å²) in [4.78, 5) is 15.0. The number of hydrogen-bond acceptors (Lipinski definition) is 3. The highest BCUT2D eigenvalue weighted by atomic mass is 35.5. The maximum atomic E-state index is 12.1. The third kappa shape index (κ3) is 3.77. The van der Waals surface area contributed by atoms with Crippen molar-refractivity contribution in [3.05, 3.63) is 22.8 Å². The van der Waals surface area contributed by atoms with Crippen LogP contribution >= 0.6 is 11.6 Å². The third-order valence-corrected chi connectivity index (χ3v) is 2.12. The Morgan fingerprint density at radius 1 is 1.59 bits per heavy atom. The predicted octanol–water partition coefficient (Wildman–Crippen LogP) is 2.43. The molecule has 0 bridgehead atoms. The molecule has 1 N–H and O–H groups in total. The topological polar surface area (TPSA) is 53.4 Å². The lowest BCUT2D eigenvalue weighted by Crippen LogP contribution is -2.31. The highest BCUT2D eigenvalue weighted by Crippen LogP contribution is 2.26. The minimum absolute atomic E-state index is 0.117. The molecule has 0 aliphatic rings. The third-order valence-electron chi connectivity index (χ3n) is 1.85. The van der Waals surface area contributed by atoms with Crippen molar-refractivity contribution in [2.45, 2.75) is 6.18 Å². The number of anilines is 1. The molecule has 1 heterocycles. The average molecular weight is 269 g/mol. The lowest BCUT2D eigenvalue weighted by Gasteiger charge is -2.20. The quantitative estimate of drug-likeness (QED) is 0.915. The van der Waals surface area contributed by atoms with E-state index in [0.29, 0.717) is 0 Å². The van der Waals surface area contributed by atoms with Gasteiger partial charge in [0.1, 0.15) is 12.4 Å². The first-order valence-corrected chi connectivity index (χ1v) is 4.75. The van der Waals surface area contributed by atoms with Crippen molar-refractivity contribution < 1.29 is 23.1 Å². The largest absolute Gasteiger partial charge is 0.478 e. The lowest BCUT2D eigenvalue weighted by atomic mass is 10.3. The zero-order valence-electron chi connectivity index (χ0n) is 8.62. The van der Waals surface area contributed by atoms with Crippen LogP contribution in [0.5, 0.6) is 0 Å². The molecule has 0 spiro atoms. The van der Waals surface area contributed by atoms with Crippen LogP contribution in [0.4, 0.5) is 19.0 Å². The summed E-state index contributed by atoms with van der Waals surface area (Å²) in [6.45, 7) is -1.22. The molecule has 1 rings (SSSR count). The Bertz CT molecular complexity index is 437. The molecule has 0 aromatic carbocycles. The van der Waals surface area contributed by atoms with Gasteiger partial charge in [0.05, 0.1) is 10.6 Å². The molecular formula is C9H8ClF3N2O2. The van der Waals surface area contributed by atoms with Crippen molar-refractivity contribution in [2.24, 2.45) is 0 Å². The van der Waals surface area contributed by atoms with Gasteiger partial charge in [0, 0.05) is 13.2 Å². The summed E-state index contributed by atoms with van der Waals surface area (Å²) in [6.07, 6.45) is -3.43. The number of carbonyl (C=O) groups is 1. The fourth-order valence-electron chi connectivity index (χ4n) is 1.17. The monoisotopic (exact) mass is 268 g/mol. The van der Waals surface area contributed by atoms with Gasteiger partial charge in [-0.2, -0.15) is 13.2 Å². The molecule has 0 atom stereocenters. The summed E-state index contributed by atoms with van der Waals surface area (Å²) >= 11 is 5.66. The van der Waals surface area contributed by atoms with Crippen molar-refractivity contribution in [2.75, 3.05) is 18.5 Å². The van der Waals surface area contributed by atoms with Crippen molar-refractivity contribution in [1.29, 1.82) is 0 Å². The average Bonchev–Trinajstić information content (AvgIpc) is 2.14. The summed E-state index contributed by atoms with van der Waals surface area (Å²) in [7, 11) is 1.17. The second-order valence-corrected chi connectivity index (χ2v) is 3.71. The lowest BCUT2D eigenvalue weighted by molar-refractivity contribution is -0.119. The first kappa shape index (κ1) is 13.6. The van der Waals surface area contributed by atoms with Crippen LogP contribution in [0, 0.1) is 0 Å². The summed E-state index contributed by atoms with van der Waals surface area (Å²) in [6, 6.07) is 1.05. The number of rotatable bonds is 3. The van der Waals surface area contributed by atoms with Gasteiger partial charge in [0.2, 0.25) is 0 Å². The minimum Gasteiger partial charge on any atom is -0.478 e. The van der Waals surface area contributed by atoms with E-state index < -0.39 is 18.7 Å². The number of carboxylic acids is 1. The van der Waals surface area contributed by atoms with E-state index in [-0.39, 0.29) is 16.4 Å². The zero-order valence-corrected chi connectivity index (χ0v) is 9.38. The molecule has 0 unspecified atom stereocenters. The molecular weight excluding hydrogens is 261 g/mol. The molecule has 1 aromatic rings. The van der Waals surface area contributed by atoms with Crippen LogP contribution in [-0.2, 0) is 0 Å². The number of halogens is 4. The van der Waals surface area contributed by atoms with Crippen molar-refractivity contribution in [3.63, 3.8) is 0 Å². The number of aromatic nitrogens is 1. The Balaban J connectivity index is 2.96. The molecule has 8 heteroatoms. The number of pyridine rings is 1. The van der Waals surface area contributed by atoms with E-state index >= 15 is 0 Å². The van der Waals surface area contributed by atoms with E-state index in [1.165, 1.54) is 7.05 Å². The Morgan fingerprint density at radius 3 is 2.59 bits per heavy atom. The van der Waals surface area contributed by atoms with Gasteiger partial charge in [-0.15, -0.1) is 0 Å². The van der Waals surface area contributed by atoms with Crippen LogP contribution in [0.15, 0.2) is 12.3 Å². The summed E-state index contributed by atoms with van der Waals surface area (Å²) < 4.78 is 36.4. The fourth-order valence-corrected chi connectivity index (χ4v) is 1.48. The summed E-state index contributed by atoms with van der Waals surface area (Å²) in [5.74, 6) is -1.36. The first-order chi connectivity index (χ1) is 7.70. The first-order valence-electron chi connectivity index (χ1n) is 4.37. The van der Waals surface area contributed by atoms with Crippen molar-refractivity contribution in [3.8, 4) is 0 Å². The van der Waals surface area contributed by atoms with E-state index in [1.54, 1.807) is 0 Å². The van der Waals surface area contributed by atoms with Gasteiger partial charge < -0.3 is 10.0 Å². The van der Waals surface area contributed by atoms with Crippen LogP contribution in [0.1, 0.15) is 10.4 Å². The van der Waals surface area contributed by atoms with E-state index in [1.807, 2.05) is 0 Å². The van der Waals surface area contributed by atoms with E-state index in [0.717, 1.165) is 17.2 Å². The number of nitrogens with zero attached hydrogens (tertiary/aromatic N) is 2. The Labute approximate surface area is 99.6 Å². The fraction of sp³-hybridized carbons (Fsp3) is 0.333. The van der Waals surface area contributed by atoms with Crippen molar-refractivity contribution >= 4 is 23.4 Å². The standard InChI is InChI=1S/C9H8ClF3N2O2/c1-15(4-9(11,12)13)7-6(10)2-5(3-14-7)8(16)17/h2-3H,4H2,1H3,(H,16,17). The second-order valence-electron chi connectivity index (χ2n) is 3.31. The van der Waals surface area contributed by atoms with Crippen LogP contribution < -0.4 is 4.90 Å². The molecule has 0 radical (unpaired) electrons. The van der Waals surface area contributed by atoms with Gasteiger partial charge in [-0.25, -0.2) is 9.78 Å². The van der Waals surface area contributed by atoms with Gasteiger partial charge in [0.15, 0.2) is 0 Å². The van der Waals surface area contributed by atoms with Gasteiger partial charge in [-0.1, -0.05) is 11.6 Å². The van der Waals surface area contributed by atoms with Gasteiger partial charge in [0.25, 0.3) is 0 Å². The molecule has 1 aromatic heterocycles. The predicted molar refractivity (Wildman–Crippen MR) is 55.5 cm³/mol. The Morgan fingerprint density at radius 2 is 2.18 bits per heavy atom. The molecule has 0 saturated carbocycles. The molecule has 94 valence electrons. The number of alkyl halides is 3. The van der Waals surface area contributed by atoms with Crippen LogP contribution in [0.25, 0.3) is 0 Å². The second kappa shape index (κ2) is 4.79. The molecule has 0 saturated heterocycles. The molecule has 0 aliphatic heterocycles. The maximum absolute atomic E-state index is 12.1.